The number of nitrogens with two attached hydrogens (primary N) is 1. The van der Waals surface area contributed by atoms with Crippen LogP contribution < -0.4 is 5.73 Å². The van der Waals surface area contributed by atoms with Gasteiger partial charge < -0.3 is 5.73 Å². The Morgan fingerprint density at radius 2 is 1.81 bits per heavy atom. The quantitative estimate of drug-likeness (QED) is 0.888. The van der Waals surface area contributed by atoms with Gasteiger partial charge in [-0.15, -0.1) is 0 Å². The van der Waals surface area contributed by atoms with Crippen molar-refractivity contribution in [3.8, 4) is 0 Å². The molecule has 16 heavy (non-hydrogen) atoms. The van der Waals surface area contributed by atoms with E-state index in [-0.39, 0.29) is 5.75 Å². The van der Waals surface area contributed by atoms with Gasteiger partial charge in [-0.25, -0.2) is 12.7 Å². The summed E-state index contributed by atoms with van der Waals surface area (Å²) in [4.78, 5) is 0. The molecule has 0 aliphatic carbocycles. The molecule has 1 unspecified atom stereocenters. The number of sulfonamides is 1. The molecule has 0 aromatic heterocycles. The molecule has 0 aliphatic rings. The highest BCUT2D eigenvalue weighted by molar-refractivity contribution is 7.89. The summed E-state index contributed by atoms with van der Waals surface area (Å²) >= 11 is 5.73. The monoisotopic (exact) mass is 262 g/mol. The normalized spacial score (nSPS) is 14.1. The summed E-state index contributed by atoms with van der Waals surface area (Å²) in [6.07, 6.45) is 0. The molecule has 1 aromatic rings. The van der Waals surface area contributed by atoms with E-state index in [0.29, 0.717) is 5.02 Å². The van der Waals surface area contributed by atoms with Crippen molar-refractivity contribution >= 4 is 21.6 Å². The standard InChI is InChI=1S/C10H15ClN2O2S/c1-13(2)16(14,15)7-10(12)8-3-5-9(11)6-4-8/h3-6,10H,7,12H2,1-2H3. The number of hydrogen-bond acceptors (Lipinski definition) is 3. The molecule has 90 valence electrons. The first-order valence-corrected chi connectivity index (χ1v) is 6.73. The smallest absolute Gasteiger partial charge is 0.215 e. The van der Waals surface area contributed by atoms with Crippen molar-refractivity contribution in [2.45, 2.75) is 6.04 Å². The molecular weight excluding hydrogens is 248 g/mol. The van der Waals surface area contributed by atoms with Crippen LogP contribution in [0, 0.1) is 0 Å². The van der Waals surface area contributed by atoms with Crippen molar-refractivity contribution in [3.05, 3.63) is 34.9 Å². The van der Waals surface area contributed by atoms with Gasteiger partial charge >= 0.3 is 0 Å². The van der Waals surface area contributed by atoms with Gasteiger partial charge in [0.05, 0.1) is 5.75 Å². The van der Waals surface area contributed by atoms with E-state index in [1.54, 1.807) is 24.3 Å². The molecule has 2 N–H and O–H groups in total. The van der Waals surface area contributed by atoms with Crippen LogP contribution in [-0.2, 0) is 10.0 Å². The predicted molar refractivity (Wildman–Crippen MR) is 65.9 cm³/mol. The van der Waals surface area contributed by atoms with Crippen molar-refractivity contribution in [1.29, 1.82) is 0 Å². The summed E-state index contributed by atoms with van der Waals surface area (Å²) in [5, 5.41) is 0.603. The van der Waals surface area contributed by atoms with Crippen LogP contribution >= 0.6 is 11.6 Å². The highest BCUT2D eigenvalue weighted by Crippen LogP contribution is 2.16. The van der Waals surface area contributed by atoms with E-state index >= 15 is 0 Å². The van der Waals surface area contributed by atoms with Gasteiger partial charge in [0.15, 0.2) is 0 Å². The largest absolute Gasteiger partial charge is 0.323 e. The molecule has 0 spiro atoms. The van der Waals surface area contributed by atoms with Crippen LogP contribution in [0.1, 0.15) is 11.6 Å². The van der Waals surface area contributed by atoms with E-state index in [1.807, 2.05) is 0 Å². The number of nitrogens with zero attached hydrogens (tertiary/aromatic N) is 1. The van der Waals surface area contributed by atoms with Crippen molar-refractivity contribution in [2.75, 3.05) is 19.8 Å². The fourth-order valence-electron chi connectivity index (χ4n) is 1.18. The molecule has 1 atom stereocenters. The molecule has 0 saturated heterocycles. The molecule has 1 aromatic carbocycles. The van der Waals surface area contributed by atoms with Gasteiger partial charge in [0.25, 0.3) is 0 Å². The number of benzene rings is 1. The van der Waals surface area contributed by atoms with Crippen LogP contribution in [0.4, 0.5) is 0 Å². The lowest BCUT2D eigenvalue weighted by Gasteiger charge is -2.16. The summed E-state index contributed by atoms with van der Waals surface area (Å²) < 4.78 is 24.4. The zero-order valence-corrected chi connectivity index (χ0v) is 10.8. The average Bonchev–Trinajstić information content (AvgIpc) is 2.17. The Morgan fingerprint density at radius 1 is 1.31 bits per heavy atom. The molecular formula is C10H15ClN2O2S. The number of hydrogen-bond donors (Lipinski definition) is 1. The second kappa shape index (κ2) is 5.14. The Labute approximate surface area is 101 Å². The zero-order chi connectivity index (χ0) is 12.3. The van der Waals surface area contributed by atoms with Gasteiger partial charge in [-0.2, -0.15) is 0 Å². The highest BCUT2D eigenvalue weighted by Gasteiger charge is 2.19. The molecule has 0 heterocycles. The summed E-state index contributed by atoms with van der Waals surface area (Å²) in [7, 11) is -0.300. The van der Waals surface area contributed by atoms with Crippen LogP contribution in [-0.4, -0.2) is 32.6 Å². The third-order valence-electron chi connectivity index (χ3n) is 2.24. The van der Waals surface area contributed by atoms with E-state index in [2.05, 4.69) is 0 Å². The fraction of sp³-hybridized carbons (Fsp3) is 0.400. The molecule has 4 nitrogen and oxygen atoms in total. The first-order valence-electron chi connectivity index (χ1n) is 4.74. The van der Waals surface area contributed by atoms with E-state index in [1.165, 1.54) is 18.4 Å². The van der Waals surface area contributed by atoms with Crippen LogP contribution in [0.2, 0.25) is 5.02 Å². The Morgan fingerprint density at radius 3 is 2.25 bits per heavy atom. The molecule has 6 heteroatoms. The zero-order valence-electron chi connectivity index (χ0n) is 9.22. The second-order valence-corrected chi connectivity index (χ2v) is 6.38. The van der Waals surface area contributed by atoms with E-state index in [9.17, 15) is 8.42 Å². The van der Waals surface area contributed by atoms with Crippen molar-refractivity contribution < 1.29 is 8.42 Å². The molecule has 0 amide bonds. The summed E-state index contributed by atoms with van der Waals surface area (Å²) in [5.74, 6) is -0.109. The maximum Gasteiger partial charge on any atom is 0.215 e. The minimum atomic E-state index is -3.28. The first kappa shape index (κ1) is 13.4. The number of rotatable bonds is 4. The molecule has 0 fully saturated rings. The van der Waals surface area contributed by atoms with E-state index in [0.717, 1.165) is 5.56 Å². The molecule has 1 rings (SSSR count). The third-order valence-corrected chi connectivity index (χ3v) is 4.39. The van der Waals surface area contributed by atoms with E-state index < -0.39 is 16.1 Å². The summed E-state index contributed by atoms with van der Waals surface area (Å²) in [6.45, 7) is 0. The topological polar surface area (TPSA) is 63.4 Å². The highest BCUT2D eigenvalue weighted by atomic mass is 35.5. The molecule has 0 bridgehead atoms. The van der Waals surface area contributed by atoms with Crippen LogP contribution in [0.5, 0.6) is 0 Å². The number of halogens is 1. The Hall–Kier alpha value is -0.620. The Balaban J connectivity index is 2.81. The van der Waals surface area contributed by atoms with Crippen LogP contribution in [0.25, 0.3) is 0 Å². The van der Waals surface area contributed by atoms with Crippen LogP contribution in [0.3, 0.4) is 0 Å². The maximum absolute atomic E-state index is 11.6. The lowest BCUT2D eigenvalue weighted by molar-refractivity contribution is 0.515. The average molecular weight is 263 g/mol. The Bertz CT molecular complexity index is 442. The summed E-state index contributed by atoms with van der Waals surface area (Å²) in [5.41, 5.74) is 6.58. The molecule has 0 saturated carbocycles. The van der Waals surface area contributed by atoms with Gasteiger partial charge in [0.2, 0.25) is 10.0 Å². The van der Waals surface area contributed by atoms with Crippen molar-refractivity contribution in [2.24, 2.45) is 5.73 Å². The fourth-order valence-corrected chi connectivity index (χ4v) is 2.25. The van der Waals surface area contributed by atoms with Gasteiger partial charge in [-0.3, -0.25) is 0 Å². The van der Waals surface area contributed by atoms with Crippen LogP contribution in [0.15, 0.2) is 24.3 Å². The second-order valence-electron chi connectivity index (χ2n) is 3.72. The molecule has 0 radical (unpaired) electrons. The predicted octanol–water partition coefficient (Wildman–Crippen LogP) is 1.23. The van der Waals surface area contributed by atoms with Gasteiger partial charge in [0, 0.05) is 25.2 Å². The van der Waals surface area contributed by atoms with E-state index in [4.69, 9.17) is 17.3 Å². The minimum absolute atomic E-state index is 0.109. The van der Waals surface area contributed by atoms with Gasteiger partial charge in [-0.05, 0) is 17.7 Å². The van der Waals surface area contributed by atoms with Crippen molar-refractivity contribution in [1.82, 2.24) is 4.31 Å². The SMILES string of the molecule is CN(C)S(=O)(=O)CC(N)c1ccc(Cl)cc1. The third kappa shape index (κ3) is 3.45. The lowest BCUT2D eigenvalue weighted by atomic mass is 10.1. The van der Waals surface area contributed by atoms with Gasteiger partial charge in [0.1, 0.15) is 0 Å². The lowest BCUT2D eigenvalue weighted by Crippen LogP contribution is -2.31. The first-order chi connectivity index (χ1) is 7.33. The summed E-state index contributed by atoms with van der Waals surface area (Å²) in [6, 6.07) is 6.32. The minimum Gasteiger partial charge on any atom is -0.323 e. The molecule has 0 aliphatic heterocycles. The van der Waals surface area contributed by atoms with Gasteiger partial charge in [-0.1, -0.05) is 23.7 Å². The van der Waals surface area contributed by atoms with Crippen molar-refractivity contribution in [3.63, 3.8) is 0 Å². The maximum atomic E-state index is 11.6. The Kier molecular flexibility index (Phi) is 4.32.